The lowest BCUT2D eigenvalue weighted by molar-refractivity contribution is 1.07. The number of benzene rings is 9. The Labute approximate surface area is 394 Å². The number of hydrogen-bond acceptors (Lipinski definition) is 7. The highest BCUT2D eigenvalue weighted by molar-refractivity contribution is 5.96. The average molecular weight is 870 g/mol. The number of nitriles is 1. The molecule has 0 saturated heterocycles. The van der Waals surface area contributed by atoms with Crippen LogP contribution in [0.4, 0.5) is 0 Å². The van der Waals surface area contributed by atoms with E-state index in [4.69, 9.17) is 29.9 Å². The minimum atomic E-state index is 0.592. The lowest BCUT2D eigenvalue weighted by Gasteiger charge is -2.18. The van der Waals surface area contributed by atoms with E-state index in [0.717, 1.165) is 77.9 Å². The molecule has 2 aromatic heterocycles. The molecule has 0 radical (unpaired) electrons. The molecule has 0 spiro atoms. The van der Waals surface area contributed by atoms with Gasteiger partial charge in [-0.1, -0.05) is 218 Å². The van der Waals surface area contributed by atoms with Crippen LogP contribution in [-0.2, 0) is 0 Å². The maximum absolute atomic E-state index is 9.92. The highest BCUT2D eigenvalue weighted by Gasteiger charge is 2.18. The first kappa shape index (κ1) is 41.2. The predicted octanol–water partition coefficient (Wildman–Crippen LogP) is 14.6. The number of hydrogen-bond donors (Lipinski definition) is 0. The second kappa shape index (κ2) is 18.5. The molecule has 68 heavy (non-hydrogen) atoms. The lowest BCUT2D eigenvalue weighted by atomic mass is 9.86. The minimum absolute atomic E-state index is 0.592. The van der Waals surface area contributed by atoms with Crippen molar-refractivity contribution in [1.82, 2.24) is 29.9 Å². The molecule has 0 fully saturated rings. The first-order valence-corrected chi connectivity index (χ1v) is 22.3. The molecule has 0 aliphatic carbocycles. The van der Waals surface area contributed by atoms with Crippen LogP contribution in [0.15, 0.2) is 237 Å². The highest BCUT2D eigenvalue weighted by Crippen LogP contribution is 2.42. The van der Waals surface area contributed by atoms with Crippen LogP contribution >= 0.6 is 0 Å². The Morgan fingerprint density at radius 3 is 0.971 bits per heavy atom. The maximum atomic E-state index is 9.92. The van der Waals surface area contributed by atoms with Crippen LogP contribution in [0.25, 0.3) is 113 Å². The summed E-state index contributed by atoms with van der Waals surface area (Å²) in [5.74, 6) is 3.66. The van der Waals surface area contributed by atoms with Gasteiger partial charge in [-0.15, -0.1) is 0 Å². The van der Waals surface area contributed by atoms with E-state index < -0.39 is 0 Å². The quantitative estimate of drug-likeness (QED) is 0.135. The molecule has 0 amide bonds. The molecule has 0 N–H and O–H groups in total. The molecule has 318 valence electrons. The van der Waals surface area contributed by atoms with Crippen LogP contribution < -0.4 is 0 Å². The van der Waals surface area contributed by atoms with Gasteiger partial charge in [0.25, 0.3) is 0 Å². The SMILES string of the molecule is N#Cc1cccc(-c2cccc(-c3ccc(-c4nc(-c5ccccc5)nc(-c5ccccc5)n4)cc3)c2-c2cccc(-c3ccc(-c4nc(-c5ccccc5)nc(-c5ccccc5)n4)cc3)c2)c1. The standard InChI is InChI=1S/C61H39N7/c62-40-41-16-13-26-51(38-41)54-29-15-28-53(43-32-36-49(37-33-43)61-67-58(46-21-9-3-10-22-46)64-59(68-61)47-23-11-4-12-24-47)55(54)52-27-14-25-50(39-52)42-30-34-48(35-31-42)60-65-56(44-17-5-1-6-18-44)63-57(66-60)45-19-7-2-8-20-45/h1-39H. The smallest absolute Gasteiger partial charge is 0.164 e. The molecule has 0 unspecified atom stereocenters. The minimum Gasteiger partial charge on any atom is -0.208 e. The Bertz CT molecular complexity index is 3480. The largest absolute Gasteiger partial charge is 0.208 e. The molecule has 9 aromatic carbocycles. The van der Waals surface area contributed by atoms with Crippen molar-refractivity contribution >= 4 is 0 Å². The number of nitrogens with zero attached hydrogens (tertiary/aromatic N) is 7. The molecular formula is C61H39N7. The van der Waals surface area contributed by atoms with Gasteiger partial charge < -0.3 is 0 Å². The summed E-state index contributed by atoms with van der Waals surface area (Å²) in [6.07, 6.45) is 0. The summed E-state index contributed by atoms with van der Waals surface area (Å²) in [6.45, 7) is 0. The van der Waals surface area contributed by atoms with Crippen LogP contribution in [0.3, 0.4) is 0 Å². The van der Waals surface area contributed by atoms with E-state index in [2.05, 4.69) is 103 Å². The van der Waals surface area contributed by atoms with Crippen LogP contribution in [0.1, 0.15) is 5.56 Å². The van der Waals surface area contributed by atoms with E-state index in [0.29, 0.717) is 40.5 Å². The summed E-state index contributed by atoms with van der Waals surface area (Å²) in [5, 5.41) is 9.92. The molecule has 11 aromatic rings. The zero-order valence-electron chi connectivity index (χ0n) is 36.6. The summed E-state index contributed by atoms with van der Waals surface area (Å²) < 4.78 is 0. The second-order valence-electron chi connectivity index (χ2n) is 16.2. The summed E-state index contributed by atoms with van der Waals surface area (Å²) in [7, 11) is 0. The number of rotatable bonds is 10. The Kier molecular flexibility index (Phi) is 11.2. The van der Waals surface area contributed by atoms with Crippen molar-refractivity contribution in [2.45, 2.75) is 0 Å². The zero-order chi connectivity index (χ0) is 45.7. The van der Waals surface area contributed by atoms with Crippen LogP contribution in [0.2, 0.25) is 0 Å². The zero-order valence-corrected chi connectivity index (χ0v) is 36.6. The summed E-state index contributed by atoms with van der Waals surface area (Å²) in [4.78, 5) is 29.6. The van der Waals surface area contributed by atoms with Gasteiger partial charge >= 0.3 is 0 Å². The van der Waals surface area contributed by atoms with E-state index in [1.807, 2.05) is 140 Å². The topological polar surface area (TPSA) is 101 Å². The predicted molar refractivity (Wildman–Crippen MR) is 272 cm³/mol. The molecule has 0 aliphatic heterocycles. The molecule has 0 atom stereocenters. The molecule has 11 rings (SSSR count). The molecule has 0 aliphatic rings. The van der Waals surface area contributed by atoms with Crippen LogP contribution in [0, 0.1) is 11.3 Å². The highest BCUT2D eigenvalue weighted by atomic mass is 15.0. The summed E-state index contributed by atoms with van der Waals surface area (Å²) >= 11 is 0. The van der Waals surface area contributed by atoms with Crippen molar-refractivity contribution in [3.8, 4) is 119 Å². The monoisotopic (exact) mass is 869 g/mol. The van der Waals surface area contributed by atoms with Crippen molar-refractivity contribution < 1.29 is 0 Å². The Hall–Kier alpha value is -9.51. The van der Waals surface area contributed by atoms with Crippen molar-refractivity contribution in [3.05, 3.63) is 242 Å². The van der Waals surface area contributed by atoms with E-state index in [1.54, 1.807) is 0 Å². The number of aromatic nitrogens is 6. The van der Waals surface area contributed by atoms with Gasteiger partial charge in [0, 0.05) is 33.4 Å². The third-order valence-corrected chi connectivity index (χ3v) is 11.8. The maximum Gasteiger partial charge on any atom is 0.164 e. The first-order chi connectivity index (χ1) is 33.6. The first-order valence-electron chi connectivity index (χ1n) is 22.3. The fraction of sp³-hybridized carbons (Fsp3) is 0. The van der Waals surface area contributed by atoms with E-state index in [1.165, 1.54) is 0 Å². The summed E-state index contributed by atoms with van der Waals surface area (Å²) in [6, 6.07) is 82.0. The van der Waals surface area contributed by atoms with Gasteiger partial charge in [0.15, 0.2) is 34.9 Å². The van der Waals surface area contributed by atoms with Crippen molar-refractivity contribution in [2.24, 2.45) is 0 Å². The van der Waals surface area contributed by atoms with Gasteiger partial charge in [-0.3, -0.25) is 0 Å². The van der Waals surface area contributed by atoms with Gasteiger partial charge in [-0.2, -0.15) is 5.26 Å². The van der Waals surface area contributed by atoms with Gasteiger partial charge in [-0.05, 0) is 62.7 Å². The Balaban J connectivity index is 0.979. The van der Waals surface area contributed by atoms with E-state index >= 15 is 0 Å². The van der Waals surface area contributed by atoms with E-state index in [9.17, 15) is 5.26 Å². The molecule has 7 nitrogen and oxygen atoms in total. The van der Waals surface area contributed by atoms with Crippen LogP contribution in [0.5, 0.6) is 0 Å². The van der Waals surface area contributed by atoms with Gasteiger partial charge in [-0.25, -0.2) is 29.9 Å². The molecule has 7 heteroatoms. The van der Waals surface area contributed by atoms with Gasteiger partial charge in [0.1, 0.15) is 0 Å². The average Bonchev–Trinajstić information content (AvgIpc) is 3.43. The lowest BCUT2D eigenvalue weighted by Crippen LogP contribution is -2.00. The fourth-order valence-corrected chi connectivity index (χ4v) is 8.44. The fourth-order valence-electron chi connectivity index (χ4n) is 8.44. The third-order valence-electron chi connectivity index (χ3n) is 11.8. The van der Waals surface area contributed by atoms with Crippen molar-refractivity contribution in [3.63, 3.8) is 0 Å². The van der Waals surface area contributed by atoms with Crippen molar-refractivity contribution in [2.75, 3.05) is 0 Å². The van der Waals surface area contributed by atoms with Crippen LogP contribution in [-0.4, -0.2) is 29.9 Å². The molecular weight excluding hydrogens is 831 g/mol. The molecule has 2 heterocycles. The second-order valence-corrected chi connectivity index (χ2v) is 16.2. The Morgan fingerprint density at radius 1 is 0.235 bits per heavy atom. The Morgan fingerprint density at radius 2 is 0.544 bits per heavy atom. The third kappa shape index (κ3) is 8.57. The van der Waals surface area contributed by atoms with Gasteiger partial charge in [0.2, 0.25) is 0 Å². The normalized spacial score (nSPS) is 10.9. The van der Waals surface area contributed by atoms with Crippen molar-refractivity contribution in [1.29, 1.82) is 5.26 Å². The molecule has 0 saturated carbocycles. The molecule has 0 bridgehead atoms. The van der Waals surface area contributed by atoms with Gasteiger partial charge in [0.05, 0.1) is 11.6 Å². The summed E-state index contributed by atoms with van der Waals surface area (Å²) in [5.41, 5.74) is 14.3. The van der Waals surface area contributed by atoms with E-state index in [-0.39, 0.29) is 0 Å².